The fraction of sp³-hybridized carbons (Fsp3) is 0.667. The average Bonchev–Trinajstić information content (AvgIpc) is 3.03. The first-order chi connectivity index (χ1) is 7.70. The van der Waals surface area contributed by atoms with Crippen LogP contribution in [0.25, 0.3) is 0 Å². The molecule has 0 bridgehead atoms. The number of rotatable bonds is 6. The quantitative estimate of drug-likeness (QED) is 0.847. The van der Waals surface area contributed by atoms with Crippen molar-refractivity contribution >= 4 is 27.3 Å². The van der Waals surface area contributed by atoms with E-state index in [1.165, 1.54) is 21.5 Å². The predicted molar refractivity (Wildman–Crippen MR) is 73.7 cm³/mol. The second-order valence-corrected chi connectivity index (χ2v) is 7.15. The highest BCUT2D eigenvalue weighted by Crippen LogP contribution is 2.36. The molecule has 16 heavy (non-hydrogen) atoms. The summed E-state index contributed by atoms with van der Waals surface area (Å²) in [5.74, 6) is 1.75. The van der Waals surface area contributed by atoms with Crippen molar-refractivity contribution in [1.82, 2.24) is 5.32 Å². The molecular formula is C12H19BrN2S. The van der Waals surface area contributed by atoms with Crippen molar-refractivity contribution < 1.29 is 0 Å². The second kappa shape index (κ2) is 5.63. The van der Waals surface area contributed by atoms with Crippen molar-refractivity contribution in [3.63, 3.8) is 0 Å². The van der Waals surface area contributed by atoms with Crippen LogP contribution in [0.4, 0.5) is 0 Å². The molecule has 0 radical (unpaired) electrons. The molecule has 3 N–H and O–H groups in total. The Kier molecular flexibility index (Phi) is 4.41. The van der Waals surface area contributed by atoms with E-state index in [9.17, 15) is 0 Å². The fourth-order valence-electron chi connectivity index (χ4n) is 1.98. The molecule has 90 valence electrons. The smallest absolute Gasteiger partial charge is 0.0702 e. The summed E-state index contributed by atoms with van der Waals surface area (Å²) in [4.78, 5) is 1.33. The molecule has 0 spiro atoms. The summed E-state index contributed by atoms with van der Waals surface area (Å²) in [5.41, 5.74) is 5.82. The van der Waals surface area contributed by atoms with Gasteiger partial charge in [-0.2, -0.15) is 0 Å². The summed E-state index contributed by atoms with van der Waals surface area (Å²) in [5, 5.41) is 3.58. The van der Waals surface area contributed by atoms with Gasteiger partial charge in [0, 0.05) is 11.4 Å². The monoisotopic (exact) mass is 302 g/mol. The number of thiophene rings is 1. The molecule has 4 heteroatoms. The summed E-state index contributed by atoms with van der Waals surface area (Å²) >= 11 is 5.26. The van der Waals surface area contributed by atoms with Gasteiger partial charge in [0.25, 0.3) is 0 Å². The number of hydrogen-bond donors (Lipinski definition) is 2. The van der Waals surface area contributed by atoms with Crippen LogP contribution in [0.1, 0.15) is 30.7 Å². The van der Waals surface area contributed by atoms with E-state index in [1.54, 1.807) is 11.3 Å². The first kappa shape index (κ1) is 12.6. The van der Waals surface area contributed by atoms with Crippen LogP contribution in [0, 0.1) is 11.8 Å². The average molecular weight is 303 g/mol. The molecule has 1 aromatic rings. The van der Waals surface area contributed by atoms with E-state index in [2.05, 4.69) is 40.3 Å². The minimum atomic E-state index is 0.317. The zero-order chi connectivity index (χ0) is 11.5. The van der Waals surface area contributed by atoms with Crippen LogP contribution in [0.15, 0.2) is 15.9 Å². The van der Waals surface area contributed by atoms with E-state index in [0.29, 0.717) is 12.6 Å². The van der Waals surface area contributed by atoms with Crippen LogP contribution in [0.3, 0.4) is 0 Å². The number of halogens is 1. The summed E-state index contributed by atoms with van der Waals surface area (Å²) in [6.07, 6.45) is 2.83. The first-order valence-corrected chi connectivity index (χ1v) is 7.50. The van der Waals surface area contributed by atoms with Crippen molar-refractivity contribution in [2.24, 2.45) is 17.6 Å². The Bertz CT molecular complexity index is 336. The largest absolute Gasteiger partial charge is 0.329 e. The molecule has 2 unspecified atom stereocenters. The lowest BCUT2D eigenvalue weighted by atomic mass is 10.1. The molecule has 1 aliphatic rings. The van der Waals surface area contributed by atoms with Gasteiger partial charge in [-0.3, -0.25) is 0 Å². The molecule has 1 heterocycles. The van der Waals surface area contributed by atoms with E-state index in [-0.39, 0.29) is 0 Å². The SMILES string of the molecule is CC(CNC(CN)c1ccc(Br)s1)C1CC1. The zero-order valence-corrected chi connectivity index (χ0v) is 12.0. The molecule has 1 saturated carbocycles. The molecule has 1 fully saturated rings. The Labute approximate surface area is 110 Å². The van der Waals surface area contributed by atoms with E-state index >= 15 is 0 Å². The molecular weight excluding hydrogens is 284 g/mol. The third-order valence-electron chi connectivity index (χ3n) is 3.29. The number of hydrogen-bond acceptors (Lipinski definition) is 3. The van der Waals surface area contributed by atoms with E-state index < -0.39 is 0 Å². The first-order valence-electron chi connectivity index (χ1n) is 5.89. The van der Waals surface area contributed by atoms with Gasteiger partial charge in [-0.15, -0.1) is 11.3 Å². The standard InChI is InChI=1S/C12H19BrN2S/c1-8(9-2-3-9)7-15-10(6-14)11-4-5-12(13)16-11/h4-5,8-10,15H,2-3,6-7,14H2,1H3. The maximum absolute atomic E-state index is 5.82. The van der Waals surface area contributed by atoms with E-state index in [0.717, 1.165) is 18.4 Å². The Morgan fingerprint density at radius 2 is 2.31 bits per heavy atom. The van der Waals surface area contributed by atoms with Crippen LogP contribution in [0.2, 0.25) is 0 Å². The lowest BCUT2D eigenvalue weighted by Crippen LogP contribution is -2.31. The minimum absolute atomic E-state index is 0.317. The highest BCUT2D eigenvalue weighted by Gasteiger charge is 2.28. The van der Waals surface area contributed by atoms with Gasteiger partial charge in [-0.1, -0.05) is 6.92 Å². The molecule has 0 saturated heterocycles. The Morgan fingerprint density at radius 1 is 1.56 bits per heavy atom. The van der Waals surface area contributed by atoms with Gasteiger partial charge in [0.2, 0.25) is 0 Å². The van der Waals surface area contributed by atoms with Gasteiger partial charge in [0.1, 0.15) is 0 Å². The van der Waals surface area contributed by atoms with Crippen LogP contribution >= 0.6 is 27.3 Å². The zero-order valence-electron chi connectivity index (χ0n) is 9.58. The molecule has 1 aliphatic carbocycles. The van der Waals surface area contributed by atoms with Crippen LogP contribution in [0.5, 0.6) is 0 Å². The third kappa shape index (κ3) is 3.29. The van der Waals surface area contributed by atoms with Gasteiger partial charge < -0.3 is 11.1 Å². The maximum Gasteiger partial charge on any atom is 0.0702 e. The molecule has 0 aromatic carbocycles. The Morgan fingerprint density at radius 3 is 2.81 bits per heavy atom. The van der Waals surface area contributed by atoms with Crippen LogP contribution < -0.4 is 11.1 Å². The normalized spacial score (nSPS) is 19.7. The molecule has 0 amide bonds. The summed E-state index contributed by atoms with van der Waals surface area (Å²) in [7, 11) is 0. The molecule has 1 aromatic heterocycles. The van der Waals surface area contributed by atoms with Crippen molar-refractivity contribution in [3.8, 4) is 0 Å². The van der Waals surface area contributed by atoms with Gasteiger partial charge in [0.05, 0.1) is 9.83 Å². The summed E-state index contributed by atoms with van der Waals surface area (Å²) in [6, 6.07) is 4.56. The van der Waals surface area contributed by atoms with E-state index in [1.807, 2.05) is 0 Å². The molecule has 2 atom stereocenters. The highest BCUT2D eigenvalue weighted by molar-refractivity contribution is 9.11. The minimum Gasteiger partial charge on any atom is -0.329 e. The van der Waals surface area contributed by atoms with Gasteiger partial charge >= 0.3 is 0 Å². The van der Waals surface area contributed by atoms with Gasteiger partial charge in [0.15, 0.2) is 0 Å². The Hall–Kier alpha value is 0.1000. The highest BCUT2D eigenvalue weighted by atomic mass is 79.9. The summed E-state index contributed by atoms with van der Waals surface area (Å²) < 4.78 is 1.18. The van der Waals surface area contributed by atoms with Crippen LogP contribution in [-0.2, 0) is 0 Å². The maximum atomic E-state index is 5.82. The Balaban J connectivity index is 1.85. The van der Waals surface area contributed by atoms with Gasteiger partial charge in [-0.05, 0) is 59.3 Å². The third-order valence-corrected chi connectivity index (χ3v) is 5.02. The van der Waals surface area contributed by atoms with Crippen molar-refractivity contribution in [2.75, 3.05) is 13.1 Å². The number of nitrogens with one attached hydrogen (secondary N) is 1. The van der Waals surface area contributed by atoms with Gasteiger partial charge in [-0.25, -0.2) is 0 Å². The second-order valence-electron chi connectivity index (χ2n) is 4.65. The molecule has 0 aliphatic heterocycles. The van der Waals surface area contributed by atoms with Crippen molar-refractivity contribution in [3.05, 3.63) is 20.8 Å². The molecule has 2 rings (SSSR count). The topological polar surface area (TPSA) is 38.0 Å². The van der Waals surface area contributed by atoms with Crippen LogP contribution in [-0.4, -0.2) is 13.1 Å². The van der Waals surface area contributed by atoms with Crippen molar-refractivity contribution in [2.45, 2.75) is 25.8 Å². The van der Waals surface area contributed by atoms with E-state index in [4.69, 9.17) is 5.73 Å². The number of nitrogens with two attached hydrogens (primary N) is 1. The van der Waals surface area contributed by atoms with Crippen molar-refractivity contribution in [1.29, 1.82) is 0 Å². The lowest BCUT2D eigenvalue weighted by Gasteiger charge is -2.18. The lowest BCUT2D eigenvalue weighted by molar-refractivity contribution is 0.425. The molecule has 2 nitrogen and oxygen atoms in total. The predicted octanol–water partition coefficient (Wildman–Crippen LogP) is 3.15. The fourth-order valence-corrected chi connectivity index (χ4v) is 3.49. The summed E-state index contributed by atoms with van der Waals surface area (Å²) in [6.45, 7) is 4.09.